The molecule has 0 N–H and O–H groups in total. The molecule has 0 spiro atoms. The summed E-state index contributed by atoms with van der Waals surface area (Å²) in [7, 11) is 0. The summed E-state index contributed by atoms with van der Waals surface area (Å²) in [5.41, 5.74) is 0.701. The van der Waals surface area contributed by atoms with Crippen LogP contribution in [-0.4, -0.2) is 43.0 Å². The van der Waals surface area contributed by atoms with Gasteiger partial charge in [-0.2, -0.15) is 0 Å². The van der Waals surface area contributed by atoms with Gasteiger partial charge in [0.05, 0.1) is 17.2 Å². The first-order valence-corrected chi connectivity index (χ1v) is 8.34. The van der Waals surface area contributed by atoms with Crippen LogP contribution in [0.2, 0.25) is 0 Å². The van der Waals surface area contributed by atoms with E-state index >= 15 is 0 Å². The molecule has 1 fully saturated rings. The van der Waals surface area contributed by atoms with Crippen LogP contribution in [-0.2, 0) is 14.2 Å². The molecule has 0 bridgehead atoms. The monoisotopic (exact) mass is 358 g/mol. The molecule has 4 atom stereocenters. The van der Waals surface area contributed by atoms with E-state index in [1.54, 1.807) is 67.6 Å². The topological polar surface area (TPSA) is 61.8 Å². The highest BCUT2D eigenvalue weighted by Gasteiger charge is 2.46. The van der Waals surface area contributed by atoms with Gasteiger partial charge in [0.2, 0.25) is 0 Å². The van der Waals surface area contributed by atoms with Crippen LogP contribution < -0.4 is 0 Å². The highest BCUT2D eigenvalue weighted by Crippen LogP contribution is 2.27. The Labute approximate surface area is 150 Å². The Bertz CT molecular complexity index is 749. The number of esters is 2. The number of hydrogen-bond donors (Lipinski definition) is 0. The van der Waals surface area contributed by atoms with Gasteiger partial charge in [-0.15, -0.1) is 0 Å². The van der Waals surface area contributed by atoms with Crippen LogP contribution in [0.4, 0.5) is 4.39 Å². The van der Waals surface area contributed by atoms with Gasteiger partial charge in [-0.25, -0.2) is 14.0 Å². The molecule has 3 rings (SSSR count). The van der Waals surface area contributed by atoms with Crippen molar-refractivity contribution in [2.75, 3.05) is 6.61 Å². The SMILES string of the molecule is C[C@@H]1O[C@@H](COC(=O)c2ccccc2)[C@H](OC(=O)c2ccccc2)[C@H]1F. The summed E-state index contributed by atoms with van der Waals surface area (Å²) in [6.07, 6.45) is -4.26. The Hall–Kier alpha value is -2.73. The van der Waals surface area contributed by atoms with Crippen molar-refractivity contribution in [1.29, 1.82) is 0 Å². The Morgan fingerprint density at radius 2 is 1.50 bits per heavy atom. The summed E-state index contributed by atoms with van der Waals surface area (Å²) in [5.74, 6) is -1.19. The van der Waals surface area contributed by atoms with Crippen LogP contribution in [0.3, 0.4) is 0 Å². The number of rotatable bonds is 5. The second kappa shape index (κ2) is 8.10. The number of halogens is 1. The first-order valence-electron chi connectivity index (χ1n) is 8.34. The van der Waals surface area contributed by atoms with Crippen LogP contribution in [0.25, 0.3) is 0 Å². The fourth-order valence-electron chi connectivity index (χ4n) is 2.76. The standard InChI is InChI=1S/C20H19FO5/c1-13-17(21)18(26-20(23)15-10-6-3-7-11-15)16(25-13)12-24-19(22)14-8-4-2-5-9-14/h2-11,13,16-18H,12H2,1H3/t13-,16-,17-,18-/m0/s1. The minimum atomic E-state index is -1.50. The van der Waals surface area contributed by atoms with Gasteiger partial charge in [0.25, 0.3) is 0 Å². The highest BCUT2D eigenvalue weighted by molar-refractivity contribution is 5.90. The van der Waals surface area contributed by atoms with Crippen molar-refractivity contribution in [1.82, 2.24) is 0 Å². The number of carbonyl (C=O) groups is 2. The molecule has 6 heteroatoms. The number of hydrogen-bond acceptors (Lipinski definition) is 5. The van der Waals surface area contributed by atoms with E-state index in [4.69, 9.17) is 14.2 Å². The zero-order chi connectivity index (χ0) is 18.5. The first kappa shape index (κ1) is 18.1. The highest BCUT2D eigenvalue weighted by atomic mass is 19.1. The summed E-state index contributed by atoms with van der Waals surface area (Å²) in [6.45, 7) is 1.35. The van der Waals surface area contributed by atoms with Crippen LogP contribution >= 0.6 is 0 Å². The van der Waals surface area contributed by atoms with Crippen molar-refractivity contribution in [2.45, 2.75) is 31.4 Å². The maximum absolute atomic E-state index is 14.4. The first-order chi connectivity index (χ1) is 12.6. The third kappa shape index (κ3) is 4.08. The van der Waals surface area contributed by atoms with Crippen molar-refractivity contribution < 1.29 is 28.2 Å². The molecule has 2 aromatic rings. The second-order valence-corrected chi connectivity index (χ2v) is 6.02. The number of alkyl halides is 1. The van der Waals surface area contributed by atoms with E-state index in [1.165, 1.54) is 0 Å². The summed E-state index contributed by atoms with van der Waals surface area (Å²) >= 11 is 0. The molecule has 26 heavy (non-hydrogen) atoms. The van der Waals surface area contributed by atoms with Gasteiger partial charge in [-0.3, -0.25) is 0 Å². The molecule has 0 aromatic heterocycles. The van der Waals surface area contributed by atoms with Gasteiger partial charge in [0, 0.05) is 0 Å². The van der Waals surface area contributed by atoms with Crippen LogP contribution in [0.15, 0.2) is 60.7 Å². The fourth-order valence-corrected chi connectivity index (χ4v) is 2.76. The van der Waals surface area contributed by atoms with E-state index in [1.807, 2.05) is 0 Å². The zero-order valence-corrected chi connectivity index (χ0v) is 14.2. The quantitative estimate of drug-likeness (QED) is 0.768. The average Bonchev–Trinajstić information content (AvgIpc) is 2.95. The molecule has 136 valence electrons. The van der Waals surface area contributed by atoms with Crippen molar-refractivity contribution in [3.05, 3.63) is 71.8 Å². The largest absolute Gasteiger partial charge is 0.459 e. The second-order valence-electron chi connectivity index (χ2n) is 6.02. The molecule has 1 aliphatic rings. The number of benzene rings is 2. The molecule has 0 saturated carbocycles. The lowest BCUT2D eigenvalue weighted by atomic mass is 10.1. The molecular weight excluding hydrogens is 339 g/mol. The average molecular weight is 358 g/mol. The van der Waals surface area contributed by atoms with E-state index < -0.39 is 36.4 Å². The molecule has 2 aromatic carbocycles. The van der Waals surface area contributed by atoms with E-state index in [0.29, 0.717) is 11.1 Å². The third-order valence-electron chi connectivity index (χ3n) is 4.16. The summed E-state index contributed by atoms with van der Waals surface area (Å²) in [6, 6.07) is 16.8. The zero-order valence-electron chi connectivity index (χ0n) is 14.2. The Kier molecular flexibility index (Phi) is 5.63. The molecule has 1 heterocycles. The lowest BCUT2D eigenvalue weighted by molar-refractivity contribution is -0.0403. The van der Waals surface area contributed by atoms with Gasteiger partial charge in [0.1, 0.15) is 12.7 Å². The minimum Gasteiger partial charge on any atom is -0.459 e. The van der Waals surface area contributed by atoms with Gasteiger partial charge in [-0.1, -0.05) is 36.4 Å². The predicted molar refractivity (Wildman–Crippen MR) is 91.6 cm³/mol. The Morgan fingerprint density at radius 1 is 0.962 bits per heavy atom. The van der Waals surface area contributed by atoms with Gasteiger partial charge in [0.15, 0.2) is 12.3 Å². The van der Waals surface area contributed by atoms with Crippen molar-refractivity contribution in [2.24, 2.45) is 0 Å². The molecule has 0 aliphatic carbocycles. The molecule has 5 nitrogen and oxygen atoms in total. The maximum atomic E-state index is 14.4. The molecular formula is C20H19FO5. The van der Waals surface area contributed by atoms with E-state index in [9.17, 15) is 14.0 Å². The Balaban J connectivity index is 1.63. The molecule has 0 radical (unpaired) electrons. The number of ether oxygens (including phenoxy) is 3. The van der Waals surface area contributed by atoms with Crippen LogP contribution in [0.1, 0.15) is 27.6 Å². The van der Waals surface area contributed by atoms with Crippen molar-refractivity contribution in [3.63, 3.8) is 0 Å². The molecule has 0 unspecified atom stereocenters. The fraction of sp³-hybridized carbons (Fsp3) is 0.300. The van der Waals surface area contributed by atoms with Crippen LogP contribution in [0.5, 0.6) is 0 Å². The van der Waals surface area contributed by atoms with E-state index in [0.717, 1.165) is 0 Å². The number of carbonyl (C=O) groups excluding carboxylic acids is 2. The normalized spacial score (nSPS) is 24.8. The summed E-state index contributed by atoms with van der Waals surface area (Å²) in [5, 5.41) is 0. The van der Waals surface area contributed by atoms with Crippen molar-refractivity contribution in [3.8, 4) is 0 Å². The maximum Gasteiger partial charge on any atom is 0.338 e. The van der Waals surface area contributed by atoms with Gasteiger partial charge >= 0.3 is 11.9 Å². The van der Waals surface area contributed by atoms with Gasteiger partial charge < -0.3 is 14.2 Å². The molecule has 1 aliphatic heterocycles. The third-order valence-corrected chi connectivity index (χ3v) is 4.16. The Morgan fingerprint density at radius 3 is 2.08 bits per heavy atom. The lowest BCUT2D eigenvalue weighted by Gasteiger charge is -2.20. The van der Waals surface area contributed by atoms with Crippen LogP contribution in [0, 0.1) is 0 Å². The summed E-state index contributed by atoms with van der Waals surface area (Å²) in [4.78, 5) is 24.2. The smallest absolute Gasteiger partial charge is 0.338 e. The minimum absolute atomic E-state index is 0.203. The molecule has 1 saturated heterocycles. The molecule has 0 amide bonds. The lowest BCUT2D eigenvalue weighted by Crippen LogP contribution is -2.37. The van der Waals surface area contributed by atoms with Crippen molar-refractivity contribution >= 4 is 11.9 Å². The summed E-state index contributed by atoms with van der Waals surface area (Å²) < 4.78 is 30.4. The van der Waals surface area contributed by atoms with E-state index in [-0.39, 0.29) is 6.61 Å². The van der Waals surface area contributed by atoms with E-state index in [2.05, 4.69) is 0 Å². The predicted octanol–water partition coefficient (Wildman–Crippen LogP) is 3.19. The van der Waals surface area contributed by atoms with Gasteiger partial charge in [-0.05, 0) is 31.2 Å².